The Morgan fingerprint density at radius 1 is 1.02 bits per heavy atom. The molecule has 40 heavy (non-hydrogen) atoms. The van der Waals surface area contributed by atoms with Crippen LogP contribution in [0.15, 0.2) is 53.4 Å². The lowest BCUT2D eigenvalue weighted by Gasteiger charge is -2.43. The van der Waals surface area contributed by atoms with Crippen LogP contribution in [-0.2, 0) is 22.9 Å². The molecule has 0 atom stereocenters. The molecule has 2 aliphatic heterocycles. The quantitative estimate of drug-likeness (QED) is 0.410. The lowest BCUT2D eigenvalue weighted by Crippen LogP contribution is -2.52. The normalized spacial score (nSPS) is 17.9. The van der Waals surface area contributed by atoms with Gasteiger partial charge in [0.25, 0.3) is 5.91 Å². The fourth-order valence-electron chi connectivity index (χ4n) is 5.95. The first-order valence-electron chi connectivity index (χ1n) is 14.1. The highest BCUT2D eigenvalue weighted by atomic mass is 32.2. The highest BCUT2D eigenvalue weighted by Crippen LogP contribution is 2.26. The average molecular weight is 566 g/mol. The van der Waals surface area contributed by atoms with Gasteiger partial charge < -0.3 is 14.2 Å². The summed E-state index contributed by atoms with van der Waals surface area (Å²) in [5.41, 5.74) is 4.37. The molecule has 2 aliphatic rings. The van der Waals surface area contributed by atoms with Crippen LogP contribution in [0.5, 0.6) is 0 Å². The summed E-state index contributed by atoms with van der Waals surface area (Å²) in [6, 6.07) is 12.6. The maximum Gasteiger partial charge on any atom is 0.272 e. The van der Waals surface area contributed by atoms with Crippen LogP contribution in [0.2, 0.25) is 0 Å². The van der Waals surface area contributed by atoms with Crippen molar-refractivity contribution in [1.82, 2.24) is 24.1 Å². The number of amides is 1. The molecule has 3 aromatic rings. The molecule has 0 radical (unpaired) electrons. The molecule has 0 aliphatic carbocycles. The maximum atomic E-state index is 13.4. The molecule has 2 aromatic heterocycles. The van der Waals surface area contributed by atoms with Crippen LogP contribution < -0.4 is 0 Å². The summed E-state index contributed by atoms with van der Waals surface area (Å²) in [5, 5.41) is 0. The summed E-state index contributed by atoms with van der Waals surface area (Å²) in [6.45, 7) is 5.12. The summed E-state index contributed by atoms with van der Waals surface area (Å²) in [6.07, 6.45) is 9.57. The van der Waals surface area contributed by atoms with Gasteiger partial charge in [-0.2, -0.15) is 0 Å². The van der Waals surface area contributed by atoms with Crippen molar-refractivity contribution in [2.45, 2.75) is 57.5 Å². The van der Waals surface area contributed by atoms with E-state index in [0.29, 0.717) is 31.2 Å². The molecule has 4 heterocycles. The molecule has 0 N–H and O–H groups in total. The smallest absolute Gasteiger partial charge is 0.272 e. The Kier molecular flexibility index (Phi) is 8.68. The number of piperidine rings is 2. The van der Waals surface area contributed by atoms with Gasteiger partial charge in [-0.25, -0.2) is 22.7 Å². The third kappa shape index (κ3) is 6.45. The van der Waals surface area contributed by atoms with Gasteiger partial charge in [-0.3, -0.25) is 4.79 Å². The van der Waals surface area contributed by atoms with Gasteiger partial charge in [-0.05, 0) is 70.2 Å². The first-order chi connectivity index (χ1) is 19.2. The van der Waals surface area contributed by atoms with Crippen LogP contribution in [0.4, 0.5) is 0 Å². The second kappa shape index (κ2) is 12.2. The Labute approximate surface area is 237 Å². The van der Waals surface area contributed by atoms with Crippen molar-refractivity contribution in [2.24, 2.45) is 0 Å². The number of aromatic nitrogens is 2. The van der Waals surface area contributed by atoms with E-state index in [2.05, 4.69) is 20.9 Å². The van der Waals surface area contributed by atoms with E-state index in [1.54, 1.807) is 13.3 Å². The predicted molar refractivity (Wildman–Crippen MR) is 154 cm³/mol. The standard InChI is InChI=1S/C30H39N5O4S/c1-22-27(10-9-23-19-28(39-20-23)24-7-5-4-6-8-24)31-21-32-29(22)30(36)35-17-13-26(14-18-35)34-15-11-25(12-16-34)33(2)40(3,37)38/h4-8,19-21,25-26H,9-18H2,1-3H3. The first kappa shape index (κ1) is 28.4. The van der Waals surface area contributed by atoms with Crippen molar-refractivity contribution in [1.29, 1.82) is 0 Å². The molecule has 9 nitrogen and oxygen atoms in total. The van der Waals surface area contributed by atoms with Crippen LogP contribution in [0.25, 0.3) is 11.3 Å². The van der Waals surface area contributed by atoms with Gasteiger partial charge in [0.15, 0.2) is 0 Å². The van der Waals surface area contributed by atoms with Gasteiger partial charge >= 0.3 is 0 Å². The molecule has 2 saturated heterocycles. The molecule has 0 saturated carbocycles. The van der Waals surface area contributed by atoms with E-state index in [1.165, 1.54) is 16.9 Å². The Morgan fingerprint density at radius 3 is 2.40 bits per heavy atom. The summed E-state index contributed by atoms with van der Waals surface area (Å²) >= 11 is 0. The molecule has 0 bridgehead atoms. The third-order valence-corrected chi connectivity index (χ3v) is 9.90. The number of hydrogen-bond acceptors (Lipinski definition) is 7. The van der Waals surface area contributed by atoms with E-state index in [-0.39, 0.29) is 11.9 Å². The molecule has 1 amide bonds. The third-order valence-electron chi connectivity index (χ3n) is 8.56. The second-order valence-corrected chi connectivity index (χ2v) is 13.1. The lowest BCUT2D eigenvalue weighted by molar-refractivity contribution is 0.0542. The van der Waals surface area contributed by atoms with Crippen molar-refractivity contribution in [3.63, 3.8) is 0 Å². The zero-order chi connectivity index (χ0) is 28.3. The van der Waals surface area contributed by atoms with Gasteiger partial charge in [0.2, 0.25) is 10.0 Å². The van der Waals surface area contributed by atoms with E-state index in [0.717, 1.165) is 73.3 Å². The average Bonchev–Trinajstić information content (AvgIpc) is 3.45. The topological polar surface area (TPSA) is 99.8 Å². The zero-order valence-electron chi connectivity index (χ0n) is 23.6. The molecule has 1 aromatic carbocycles. The van der Waals surface area contributed by atoms with Gasteiger partial charge in [0, 0.05) is 49.0 Å². The van der Waals surface area contributed by atoms with Crippen molar-refractivity contribution < 1.29 is 17.6 Å². The zero-order valence-corrected chi connectivity index (χ0v) is 24.4. The van der Waals surface area contributed by atoms with Crippen molar-refractivity contribution in [3.05, 3.63) is 71.5 Å². The van der Waals surface area contributed by atoms with Gasteiger partial charge in [0.1, 0.15) is 17.8 Å². The summed E-state index contributed by atoms with van der Waals surface area (Å²) in [7, 11) is -1.49. The van der Waals surface area contributed by atoms with Crippen molar-refractivity contribution in [3.8, 4) is 11.3 Å². The highest BCUT2D eigenvalue weighted by molar-refractivity contribution is 7.88. The van der Waals surface area contributed by atoms with Crippen LogP contribution >= 0.6 is 0 Å². The van der Waals surface area contributed by atoms with Gasteiger partial charge in [-0.1, -0.05) is 30.3 Å². The first-order valence-corrected chi connectivity index (χ1v) is 15.9. The van der Waals surface area contributed by atoms with Crippen LogP contribution in [0.1, 0.15) is 53.0 Å². The molecule has 5 rings (SSSR count). The predicted octanol–water partition coefficient (Wildman–Crippen LogP) is 3.79. The largest absolute Gasteiger partial charge is 0.464 e. The molecular weight excluding hydrogens is 526 g/mol. The Hall–Kier alpha value is -3.08. The Morgan fingerprint density at radius 2 is 1.73 bits per heavy atom. The molecular formula is C30H39N5O4S. The van der Waals surface area contributed by atoms with E-state index in [4.69, 9.17) is 4.42 Å². The highest BCUT2D eigenvalue weighted by Gasteiger charge is 2.33. The minimum Gasteiger partial charge on any atom is -0.464 e. The van der Waals surface area contributed by atoms with E-state index in [1.807, 2.05) is 42.2 Å². The fourth-order valence-corrected chi connectivity index (χ4v) is 6.70. The number of nitrogens with zero attached hydrogens (tertiary/aromatic N) is 5. The number of sulfonamides is 1. The fraction of sp³-hybridized carbons (Fsp3) is 0.500. The number of rotatable bonds is 8. The molecule has 214 valence electrons. The minimum atomic E-state index is -3.17. The lowest BCUT2D eigenvalue weighted by atomic mass is 9.97. The molecule has 2 fully saturated rings. The van der Waals surface area contributed by atoms with Crippen LogP contribution in [-0.4, -0.2) is 90.0 Å². The monoisotopic (exact) mass is 565 g/mol. The number of carbonyl (C=O) groups is 1. The Balaban J connectivity index is 1.14. The SMILES string of the molecule is Cc1c(CCc2coc(-c3ccccc3)c2)ncnc1C(=O)N1CCC(N2CCC(N(C)S(C)(=O)=O)CC2)CC1. The number of carbonyl (C=O) groups excluding carboxylic acids is 1. The van der Waals surface area contributed by atoms with E-state index in [9.17, 15) is 13.2 Å². The maximum absolute atomic E-state index is 13.4. The summed E-state index contributed by atoms with van der Waals surface area (Å²) in [5.74, 6) is 0.822. The van der Waals surface area contributed by atoms with E-state index < -0.39 is 10.0 Å². The number of aryl methyl sites for hydroxylation is 2. The number of likely N-dealkylation sites (tertiary alicyclic amines) is 2. The summed E-state index contributed by atoms with van der Waals surface area (Å²) in [4.78, 5) is 26.7. The molecule has 0 spiro atoms. The number of benzene rings is 1. The number of furan rings is 1. The summed E-state index contributed by atoms with van der Waals surface area (Å²) < 4.78 is 31.1. The minimum absolute atomic E-state index is 0.0252. The molecule has 10 heteroatoms. The second-order valence-electron chi connectivity index (χ2n) is 11.0. The van der Waals surface area contributed by atoms with Crippen LogP contribution in [0, 0.1) is 6.92 Å². The Bertz CT molecular complexity index is 1410. The van der Waals surface area contributed by atoms with E-state index >= 15 is 0 Å². The molecule has 0 unspecified atom stereocenters. The van der Waals surface area contributed by atoms with Crippen molar-refractivity contribution >= 4 is 15.9 Å². The van der Waals surface area contributed by atoms with Gasteiger partial charge in [-0.15, -0.1) is 0 Å². The van der Waals surface area contributed by atoms with Crippen molar-refractivity contribution in [2.75, 3.05) is 39.5 Å². The number of hydrogen-bond donors (Lipinski definition) is 0. The van der Waals surface area contributed by atoms with Crippen LogP contribution in [0.3, 0.4) is 0 Å². The van der Waals surface area contributed by atoms with Gasteiger partial charge in [0.05, 0.1) is 12.5 Å².